The number of carbonyl (C=O) groups excluding carboxylic acids is 2. The summed E-state index contributed by atoms with van der Waals surface area (Å²) in [5, 5.41) is 13.6. The lowest BCUT2D eigenvalue weighted by Crippen LogP contribution is -2.49. The summed E-state index contributed by atoms with van der Waals surface area (Å²) >= 11 is 0. The van der Waals surface area contributed by atoms with Crippen molar-refractivity contribution in [2.75, 3.05) is 18.5 Å². The summed E-state index contributed by atoms with van der Waals surface area (Å²) in [5.74, 6) is -2.41. The smallest absolute Gasteiger partial charge is 0.336 e. The third-order valence-corrected chi connectivity index (χ3v) is 6.35. The fraction of sp³-hybridized carbons (Fsp3) is 0.167. The molecule has 0 bridgehead atoms. The van der Waals surface area contributed by atoms with Gasteiger partial charge in [0.2, 0.25) is 5.91 Å². The number of hydrogen-bond donors (Lipinski definition) is 2. The first-order chi connectivity index (χ1) is 14.2. The number of nitrogens with one attached hydrogen (secondary N) is 2. The van der Waals surface area contributed by atoms with Gasteiger partial charge in [0.15, 0.2) is 0 Å². The maximum absolute atomic E-state index is 14.3. The number of halogens is 2. The first-order valence-electron chi connectivity index (χ1n) is 8.49. The Morgan fingerprint density at radius 1 is 1.33 bits per heavy atom. The number of nitriles is 1. The standard InChI is InChI=1S/C18H12F2N4O5S/c19-10-1-2-12-15(5-10)30(27,28)24(18(26)23-12)7-16(25)22-13-8-29-14-4-9(6-21)3-11(20)17(13)14/h1-5,13H,7-8H2,(H,22,25)(H,23,26)/t13-/m0/s1. The van der Waals surface area contributed by atoms with E-state index in [-0.39, 0.29) is 33.5 Å². The van der Waals surface area contributed by atoms with Crippen LogP contribution in [0.1, 0.15) is 17.2 Å². The monoisotopic (exact) mass is 434 g/mol. The molecule has 2 aliphatic heterocycles. The third kappa shape index (κ3) is 3.18. The van der Waals surface area contributed by atoms with Crippen molar-refractivity contribution < 1.29 is 31.5 Å². The molecule has 0 radical (unpaired) electrons. The van der Waals surface area contributed by atoms with Gasteiger partial charge in [0, 0.05) is 0 Å². The number of sulfonamides is 1. The molecular formula is C18H12F2N4O5S. The fourth-order valence-electron chi connectivity index (χ4n) is 3.23. The van der Waals surface area contributed by atoms with Crippen molar-refractivity contribution >= 4 is 27.6 Å². The van der Waals surface area contributed by atoms with Crippen LogP contribution in [0.25, 0.3) is 0 Å². The van der Waals surface area contributed by atoms with Crippen LogP contribution in [0.3, 0.4) is 0 Å². The Bertz CT molecular complexity index is 1240. The van der Waals surface area contributed by atoms with E-state index >= 15 is 0 Å². The van der Waals surface area contributed by atoms with Crippen molar-refractivity contribution in [2.24, 2.45) is 0 Å². The van der Waals surface area contributed by atoms with Crippen molar-refractivity contribution in [3.8, 4) is 11.8 Å². The molecule has 9 nitrogen and oxygen atoms in total. The highest BCUT2D eigenvalue weighted by atomic mass is 32.2. The zero-order chi connectivity index (χ0) is 21.6. The highest BCUT2D eigenvalue weighted by Crippen LogP contribution is 2.36. The largest absolute Gasteiger partial charge is 0.491 e. The molecule has 2 aromatic rings. The lowest BCUT2D eigenvalue weighted by Gasteiger charge is -2.28. The number of nitrogens with zero attached hydrogens (tertiary/aromatic N) is 2. The van der Waals surface area contributed by atoms with Gasteiger partial charge in [-0.05, 0) is 30.3 Å². The first-order valence-corrected chi connectivity index (χ1v) is 9.93. The Morgan fingerprint density at radius 3 is 2.83 bits per heavy atom. The molecule has 2 aliphatic rings. The number of hydrogen-bond acceptors (Lipinski definition) is 6. The topological polar surface area (TPSA) is 129 Å². The molecule has 0 fully saturated rings. The Morgan fingerprint density at radius 2 is 2.10 bits per heavy atom. The number of fused-ring (bicyclic) bond motifs is 2. The molecule has 0 saturated heterocycles. The molecule has 4 rings (SSSR count). The number of urea groups is 1. The van der Waals surface area contributed by atoms with Gasteiger partial charge in [-0.1, -0.05) is 0 Å². The number of ether oxygens (including phenoxy) is 1. The molecule has 0 spiro atoms. The number of anilines is 1. The summed E-state index contributed by atoms with van der Waals surface area (Å²) in [6, 6.07) is 4.88. The Kier molecular flexibility index (Phi) is 4.54. The zero-order valence-corrected chi connectivity index (χ0v) is 15.8. The van der Waals surface area contributed by atoms with Gasteiger partial charge < -0.3 is 15.4 Å². The highest BCUT2D eigenvalue weighted by Gasteiger charge is 2.39. The molecule has 1 atom stereocenters. The second-order valence-electron chi connectivity index (χ2n) is 6.50. The van der Waals surface area contributed by atoms with Crippen LogP contribution in [-0.4, -0.2) is 37.8 Å². The predicted octanol–water partition coefficient (Wildman–Crippen LogP) is 1.62. The maximum atomic E-state index is 14.3. The molecule has 0 aliphatic carbocycles. The molecule has 0 unspecified atom stereocenters. The lowest BCUT2D eigenvalue weighted by molar-refractivity contribution is -0.121. The second kappa shape index (κ2) is 6.96. The van der Waals surface area contributed by atoms with Gasteiger partial charge in [0.05, 0.1) is 28.9 Å². The fourth-order valence-corrected chi connectivity index (χ4v) is 4.68. The molecule has 0 saturated carbocycles. The van der Waals surface area contributed by atoms with Gasteiger partial charge >= 0.3 is 6.03 Å². The summed E-state index contributed by atoms with van der Waals surface area (Å²) in [5.41, 5.74) is -0.0486. The van der Waals surface area contributed by atoms with E-state index in [4.69, 9.17) is 10.00 Å². The molecule has 0 aromatic heterocycles. The van der Waals surface area contributed by atoms with Crippen LogP contribution in [0, 0.1) is 23.0 Å². The van der Waals surface area contributed by atoms with E-state index in [2.05, 4.69) is 10.6 Å². The van der Waals surface area contributed by atoms with E-state index in [9.17, 15) is 26.8 Å². The summed E-state index contributed by atoms with van der Waals surface area (Å²) in [6.45, 7) is -1.05. The highest BCUT2D eigenvalue weighted by molar-refractivity contribution is 7.90. The van der Waals surface area contributed by atoms with E-state index in [1.54, 1.807) is 6.07 Å². The van der Waals surface area contributed by atoms with E-state index in [0.717, 1.165) is 24.3 Å². The predicted molar refractivity (Wildman–Crippen MR) is 96.8 cm³/mol. The Balaban J connectivity index is 1.55. The molecule has 2 aromatic carbocycles. The van der Waals surface area contributed by atoms with Crippen LogP contribution in [0.2, 0.25) is 0 Å². The minimum Gasteiger partial charge on any atom is -0.491 e. The van der Waals surface area contributed by atoms with Crippen molar-refractivity contribution in [3.63, 3.8) is 0 Å². The average Bonchev–Trinajstić information content (AvgIpc) is 3.09. The van der Waals surface area contributed by atoms with Crippen molar-refractivity contribution in [1.82, 2.24) is 9.62 Å². The Hall–Kier alpha value is -3.72. The quantitative estimate of drug-likeness (QED) is 0.756. The second-order valence-corrected chi connectivity index (χ2v) is 8.33. The summed E-state index contributed by atoms with van der Waals surface area (Å²) in [7, 11) is -4.48. The third-order valence-electron chi connectivity index (χ3n) is 4.58. The minimum absolute atomic E-state index is 0.0146. The normalized spacial score (nSPS) is 18.5. The van der Waals surface area contributed by atoms with Crippen LogP contribution in [-0.2, 0) is 14.8 Å². The van der Waals surface area contributed by atoms with Gasteiger partial charge in [-0.3, -0.25) is 4.79 Å². The number of rotatable bonds is 3. The van der Waals surface area contributed by atoms with Gasteiger partial charge in [-0.2, -0.15) is 5.26 Å². The molecule has 3 amide bonds. The molecule has 2 heterocycles. The maximum Gasteiger partial charge on any atom is 0.336 e. The first kappa shape index (κ1) is 19.6. The van der Waals surface area contributed by atoms with Gasteiger partial charge in [0.25, 0.3) is 10.0 Å². The van der Waals surface area contributed by atoms with Gasteiger partial charge in [-0.15, -0.1) is 0 Å². The van der Waals surface area contributed by atoms with E-state index in [0.29, 0.717) is 0 Å². The SMILES string of the molecule is N#Cc1cc(F)c2c(c1)OC[C@@H]2NC(=O)CN1C(=O)Nc2ccc(F)cc2S1(=O)=O. The summed E-state index contributed by atoms with van der Waals surface area (Å²) in [6.07, 6.45) is 0. The van der Waals surface area contributed by atoms with E-state index < -0.39 is 51.1 Å². The number of amides is 3. The van der Waals surface area contributed by atoms with Crippen LogP contribution < -0.4 is 15.4 Å². The number of benzene rings is 2. The van der Waals surface area contributed by atoms with Crippen molar-refractivity contribution in [3.05, 3.63) is 53.1 Å². The Labute approximate surface area is 168 Å². The van der Waals surface area contributed by atoms with Crippen LogP contribution in [0.15, 0.2) is 35.2 Å². The number of carbonyl (C=O) groups is 2. The summed E-state index contributed by atoms with van der Waals surface area (Å²) in [4.78, 5) is 24.1. The van der Waals surface area contributed by atoms with Gasteiger partial charge in [-0.25, -0.2) is 26.3 Å². The average molecular weight is 434 g/mol. The molecule has 30 heavy (non-hydrogen) atoms. The molecule has 12 heteroatoms. The van der Waals surface area contributed by atoms with Crippen LogP contribution in [0.4, 0.5) is 19.3 Å². The van der Waals surface area contributed by atoms with E-state index in [1.807, 2.05) is 0 Å². The molecule has 2 N–H and O–H groups in total. The molecule has 154 valence electrons. The van der Waals surface area contributed by atoms with Crippen LogP contribution in [0.5, 0.6) is 5.75 Å². The molecular weight excluding hydrogens is 422 g/mol. The summed E-state index contributed by atoms with van der Waals surface area (Å²) < 4.78 is 58.7. The van der Waals surface area contributed by atoms with Crippen LogP contribution >= 0.6 is 0 Å². The zero-order valence-electron chi connectivity index (χ0n) is 15.0. The van der Waals surface area contributed by atoms with Crippen molar-refractivity contribution in [1.29, 1.82) is 5.26 Å². The van der Waals surface area contributed by atoms with Gasteiger partial charge in [0.1, 0.15) is 35.4 Å². The van der Waals surface area contributed by atoms with Crippen molar-refractivity contribution in [2.45, 2.75) is 10.9 Å². The van der Waals surface area contributed by atoms with E-state index in [1.165, 1.54) is 6.07 Å². The minimum atomic E-state index is -4.48. The lowest BCUT2D eigenvalue weighted by atomic mass is 10.1.